The van der Waals surface area contributed by atoms with E-state index < -0.39 is 0 Å². The summed E-state index contributed by atoms with van der Waals surface area (Å²) < 4.78 is 5.63. The number of ketones is 1. The van der Waals surface area contributed by atoms with E-state index in [1.807, 2.05) is 32.9 Å². The molecule has 0 heterocycles. The van der Waals surface area contributed by atoms with Gasteiger partial charge in [0.1, 0.15) is 17.2 Å². The number of rotatable bonds is 4. The fourth-order valence-corrected chi connectivity index (χ4v) is 2.12. The van der Waals surface area contributed by atoms with Crippen LogP contribution in [-0.2, 0) is 0 Å². The van der Waals surface area contributed by atoms with Crippen LogP contribution in [0.5, 0.6) is 17.2 Å². The van der Waals surface area contributed by atoms with Gasteiger partial charge < -0.3 is 14.9 Å². The molecule has 2 aromatic carbocycles. The molecule has 0 radical (unpaired) electrons. The molecule has 4 nitrogen and oxygen atoms in total. The van der Waals surface area contributed by atoms with Gasteiger partial charge in [0.2, 0.25) is 5.78 Å². The first-order chi connectivity index (χ1) is 9.90. The topological polar surface area (TPSA) is 66.8 Å². The largest absolute Gasteiger partial charge is 0.508 e. The number of hydrogen-bond acceptors (Lipinski definition) is 4. The molecule has 110 valence electrons. The van der Waals surface area contributed by atoms with Crippen molar-refractivity contribution >= 4 is 5.78 Å². The molecule has 21 heavy (non-hydrogen) atoms. The second-order valence-corrected chi connectivity index (χ2v) is 5.07. The van der Waals surface area contributed by atoms with Gasteiger partial charge in [0, 0.05) is 6.07 Å². The van der Waals surface area contributed by atoms with Crippen LogP contribution in [0.25, 0.3) is 0 Å². The van der Waals surface area contributed by atoms with Crippen molar-refractivity contribution in [2.75, 3.05) is 6.61 Å². The Bertz CT molecular complexity index is 689. The third-order valence-electron chi connectivity index (χ3n) is 3.50. The summed E-state index contributed by atoms with van der Waals surface area (Å²) in [6, 6.07) is 7.82. The van der Waals surface area contributed by atoms with Crippen LogP contribution < -0.4 is 4.74 Å². The van der Waals surface area contributed by atoms with Crippen LogP contribution in [0.3, 0.4) is 0 Å². The van der Waals surface area contributed by atoms with Gasteiger partial charge in [-0.25, -0.2) is 0 Å². The number of carbonyl (C=O) groups is 1. The smallest absolute Gasteiger partial charge is 0.203 e. The maximum atomic E-state index is 12.1. The minimum absolute atomic E-state index is 0.0876. The van der Waals surface area contributed by atoms with Gasteiger partial charge in [-0.05, 0) is 49.6 Å². The number of phenols is 2. The Labute approximate surface area is 123 Å². The molecule has 0 atom stereocenters. The van der Waals surface area contributed by atoms with Crippen molar-refractivity contribution in [2.45, 2.75) is 20.8 Å². The lowest BCUT2D eigenvalue weighted by atomic mass is 10.1. The minimum atomic E-state index is -0.340. The normalized spacial score (nSPS) is 10.4. The second kappa shape index (κ2) is 5.87. The highest BCUT2D eigenvalue weighted by Gasteiger charge is 2.14. The average Bonchev–Trinajstić information content (AvgIpc) is 2.43. The Morgan fingerprint density at radius 2 is 1.71 bits per heavy atom. The molecule has 0 aliphatic carbocycles. The molecule has 0 fully saturated rings. The van der Waals surface area contributed by atoms with Crippen molar-refractivity contribution in [3.63, 3.8) is 0 Å². The van der Waals surface area contributed by atoms with E-state index in [0.29, 0.717) is 5.75 Å². The lowest BCUT2D eigenvalue weighted by molar-refractivity contribution is 0.0918. The lowest BCUT2D eigenvalue weighted by Gasteiger charge is -2.13. The van der Waals surface area contributed by atoms with Crippen molar-refractivity contribution in [1.82, 2.24) is 0 Å². The van der Waals surface area contributed by atoms with Crippen LogP contribution >= 0.6 is 0 Å². The third-order valence-corrected chi connectivity index (χ3v) is 3.50. The van der Waals surface area contributed by atoms with E-state index in [0.717, 1.165) is 22.8 Å². The van der Waals surface area contributed by atoms with E-state index in [-0.39, 0.29) is 29.5 Å². The zero-order chi connectivity index (χ0) is 15.6. The number of aromatic hydroxyl groups is 2. The van der Waals surface area contributed by atoms with E-state index in [1.165, 1.54) is 12.1 Å². The lowest BCUT2D eigenvalue weighted by Crippen LogP contribution is -2.13. The highest BCUT2D eigenvalue weighted by atomic mass is 16.5. The molecule has 0 aliphatic heterocycles. The van der Waals surface area contributed by atoms with Crippen LogP contribution in [0.1, 0.15) is 27.0 Å². The second-order valence-electron chi connectivity index (χ2n) is 5.07. The molecule has 0 aromatic heterocycles. The fourth-order valence-electron chi connectivity index (χ4n) is 2.12. The van der Waals surface area contributed by atoms with Gasteiger partial charge in [-0.2, -0.15) is 0 Å². The minimum Gasteiger partial charge on any atom is -0.508 e. The van der Waals surface area contributed by atoms with Gasteiger partial charge in [-0.15, -0.1) is 0 Å². The van der Waals surface area contributed by atoms with E-state index >= 15 is 0 Å². The predicted molar refractivity (Wildman–Crippen MR) is 80.3 cm³/mol. The Morgan fingerprint density at radius 3 is 2.38 bits per heavy atom. The van der Waals surface area contributed by atoms with E-state index in [9.17, 15) is 15.0 Å². The molecule has 2 N–H and O–H groups in total. The van der Waals surface area contributed by atoms with Gasteiger partial charge in [0.05, 0.1) is 5.56 Å². The highest BCUT2D eigenvalue weighted by molar-refractivity contribution is 5.99. The summed E-state index contributed by atoms with van der Waals surface area (Å²) in [5.74, 6) is 0.0195. The predicted octanol–water partition coefficient (Wildman–Crippen LogP) is 3.28. The number of ether oxygens (including phenoxy) is 1. The van der Waals surface area contributed by atoms with Crippen molar-refractivity contribution in [1.29, 1.82) is 0 Å². The van der Waals surface area contributed by atoms with E-state index in [2.05, 4.69) is 0 Å². The molecule has 0 bridgehead atoms. The number of benzene rings is 2. The van der Waals surface area contributed by atoms with Gasteiger partial charge in [-0.1, -0.05) is 12.1 Å². The standard InChI is InChI=1S/C17H18O4/c1-10-4-5-11(2)17(12(10)3)21-9-16(20)14-7-6-13(18)8-15(14)19/h4-8,18-19H,9H2,1-3H3. The number of hydrogen-bond donors (Lipinski definition) is 2. The average molecular weight is 286 g/mol. The molecule has 0 spiro atoms. The molecule has 0 unspecified atom stereocenters. The van der Waals surface area contributed by atoms with Crippen LogP contribution in [-0.4, -0.2) is 22.6 Å². The van der Waals surface area contributed by atoms with Crippen molar-refractivity contribution in [3.8, 4) is 17.2 Å². The highest BCUT2D eigenvalue weighted by Crippen LogP contribution is 2.27. The van der Waals surface area contributed by atoms with Gasteiger partial charge in [0.25, 0.3) is 0 Å². The van der Waals surface area contributed by atoms with Crippen molar-refractivity contribution in [2.24, 2.45) is 0 Å². The first-order valence-electron chi connectivity index (χ1n) is 6.65. The van der Waals surface area contributed by atoms with E-state index in [4.69, 9.17) is 4.74 Å². The summed E-state index contributed by atoms with van der Waals surface area (Å²) in [5, 5.41) is 18.9. The van der Waals surface area contributed by atoms with E-state index in [1.54, 1.807) is 0 Å². The van der Waals surface area contributed by atoms with Crippen molar-refractivity contribution in [3.05, 3.63) is 52.6 Å². The van der Waals surface area contributed by atoms with Crippen molar-refractivity contribution < 1.29 is 19.7 Å². The zero-order valence-corrected chi connectivity index (χ0v) is 12.3. The van der Waals surface area contributed by atoms with Crippen LogP contribution in [0.4, 0.5) is 0 Å². The summed E-state index contributed by atoms with van der Waals surface area (Å²) in [6.45, 7) is 5.68. The SMILES string of the molecule is Cc1ccc(C)c(OCC(=O)c2ccc(O)cc2O)c1C. The Kier molecular flexibility index (Phi) is 4.17. The Balaban J connectivity index is 2.17. The Morgan fingerprint density at radius 1 is 1.05 bits per heavy atom. The summed E-state index contributed by atoms with van der Waals surface area (Å²) >= 11 is 0. The third kappa shape index (κ3) is 3.16. The molecule has 0 saturated heterocycles. The molecule has 4 heteroatoms. The Hall–Kier alpha value is -2.49. The zero-order valence-electron chi connectivity index (χ0n) is 12.3. The van der Waals surface area contributed by atoms with Crippen LogP contribution in [0.15, 0.2) is 30.3 Å². The molecule has 0 saturated carbocycles. The monoisotopic (exact) mass is 286 g/mol. The van der Waals surface area contributed by atoms with Crippen LogP contribution in [0, 0.1) is 20.8 Å². The molecule has 0 aliphatic rings. The van der Waals surface area contributed by atoms with Crippen LogP contribution in [0.2, 0.25) is 0 Å². The van der Waals surface area contributed by atoms with Gasteiger partial charge in [0.15, 0.2) is 6.61 Å². The molecular formula is C17H18O4. The number of carbonyl (C=O) groups excluding carboxylic acids is 1. The number of Topliss-reactive ketones (excluding diaryl/α,β-unsaturated/α-hetero) is 1. The first kappa shape index (κ1) is 14.9. The summed E-state index contributed by atoms with van der Waals surface area (Å²) in [6.07, 6.45) is 0. The van der Waals surface area contributed by atoms with Gasteiger partial charge >= 0.3 is 0 Å². The maximum absolute atomic E-state index is 12.1. The number of aryl methyl sites for hydroxylation is 2. The molecule has 0 amide bonds. The summed E-state index contributed by atoms with van der Waals surface area (Å²) in [5.41, 5.74) is 3.19. The first-order valence-corrected chi connectivity index (χ1v) is 6.65. The van der Waals surface area contributed by atoms with Gasteiger partial charge in [-0.3, -0.25) is 4.79 Å². The molecule has 2 rings (SSSR count). The summed E-state index contributed by atoms with van der Waals surface area (Å²) in [4.78, 5) is 12.1. The summed E-state index contributed by atoms with van der Waals surface area (Å²) in [7, 11) is 0. The quantitative estimate of drug-likeness (QED) is 0.846. The maximum Gasteiger partial charge on any atom is 0.203 e. The fraction of sp³-hybridized carbons (Fsp3) is 0.235. The molecule has 2 aromatic rings. The molecular weight excluding hydrogens is 268 g/mol. The number of phenolic OH excluding ortho intramolecular Hbond substituents is 2.